The van der Waals surface area contributed by atoms with E-state index >= 15 is 0 Å². The van der Waals surface area contributed by atoms with Crippen LogP contribution in [0.4, 0.5) is 10.1 Å². The lowest BCUT2D eigenvalue weighted by atomic mass is 10.1. The third kappa shape index (κ3) is 4.95. The van der Waals surface area contributed by atoms with Crippen LogP contribution < -0.4 is 19.7 Å². The predicted molar refractivity (Wildman–Crippen MR) is 108 cm³/mol. The first-order valence-corrected chi connectivity index (χ1v) is 10.8. The van der Waals surface area contributed by atoms with E-state index in [2.05, 4.69) is 10.0 Å². The third-order valence-corrected chi connectivity index (χ3v) is 6.19. The minimum atomic E-state index is -3.80. The van der Waals surface area contributed by atoms with Crippen LogP contribution >= 0.6 is 0 Å². The van der Waals surface area contributed by atoms with E-state index in [1.807, 2.05) is 0 Å². The van der Waals surface area contributed by atoms with Crippen LogP contribution in [0.5, 0.6) is 5.75 Å². The number of carbonyl (C=O) groups is 2. The molecule has 160 valence electrons. The van der Waals surface area contributed by atoms with Gasteiger partial charge in [-0.1, -0.05) is 12.1 Å². The molecule has 0 saturated carbocycles. The van der Waals surface area contributed by atoms with E-state index in [4.69, 9.17) is 4.74 Å². The topological polar surface area (TPSA) is 105 Å². The van der Waals surface area contributed by atoms with Crippen LogP contribution in [0.1, 0.15) is 6.42 Å². The van der Waals surface area contributed by atoms with Gasteiger partial charge < -0.3 is 15.0 Å². The second-order valence-electron chi connectivity index (χ2n) is 6.72. The van der Waals surface area contributed by atoms with Crippen LogP contribution in [-0.2, 0) is 19.6 Å². The molecule has 2 N–H and O–H groups in total. The van der Waals surface area contributed by atoms with E-state index in [-0.39, 0.29) is 42.8 Å². The van der Waals surface area contributed by atoms with Crippen LogP contribution in [0.2, 0.25) is 0 Å². The van der Waals surface area contributed by atoms with E-state index in [1.165, 1.54) is 12.0 Å². The molecule has 1 aliphatic heterocycles. The summed E-state index contributed by atoms with van der Waals surface area (Å²) in [4.78, 5) is 26.2. The van der Waals surface area contributed by atoms with E-state index < -0.39 is 21.8 Å². The fourth-order valence-electron chi connectivity index (χ4n) is 3.18. The van der Waals surface area contributed by atoms with E-state index in [0.717, 1.165) is 24.3 Å². The van der Waals surface area contributed by atoms with Crippen molar-refractivity contribution in [2.24, 2.45) is 5.92 Å². The van der Waals surface area contributed by atoms with Crippen LogP contribution in [0.15, 0.2) is 53.4 Å². The van der Waals surface area contributed by atoms with Gasteiger partial charge in [0.25, 0.3) is 0 Å². The number of rotatable bonds is 8. The lowest BCUT2D eigenvalue weighted by molar-refractivity contribution is -0.126. The average molecular weight is 435 g/mol. The van der Waals surface area contributed by atoms with Gasteiger partial charge in [-0.25, -0.2) is 17.5 Å². The Kier molecular flexibility index (Phi) is 6.68. The van der Waals surface area contributed by atoms with Crippen molar-refractivity contribution in [1.29, 1.82) is 0 Å². The molecule has 0 unspecified atom stereocenters. The molecule has 1 atom stereocenters. The molecular formula is C20H22FN3O5S. The summed E-state index contributed by atoms with van der Waals surface area (Å²) in [5.41, 5.74) is 0.604. The van der Waals surface area contributed by atoms with Gasteiger partial charge in [-0.2, -0.15) is 0 Å². The highest BCUT2D eigenvalue weighted by Gasteiger charge is 2.36. The summed E-state index contributed by atoms with van der Waals surface area (Å²) in [7, 11) is -2.29. The summed E-state index contributed by atoms with van der Waals surface area (Å²) in [5, 5.41) is 2.64. The molecular weight excluding hydrogens is 413 g/mol. The lowest BCUT2D eigenvalue weighted by Gasteiger charge is -2.19. The number of carbonyl (C=O) groups excluding carboxylic acids is 2. The van der Waals surface area contributed by atoms with Crippen LogP contribution in [-0.4, -0.2) is 47.0 Å². The van der Waals surface area contributed by atoms with Crippen molar-refractivity contribution in [3.05, 3.63) is 54.3 Å². The average Bonchev–Trinajstić information content (AvgIpc) is 3.13. The first-order chi connectivity index (χ1) is 14.3. The maximum Gasteiger partial charge on any atom is 0.240 e. The van der Waals surface area contributed by atoms with Gasteiger partial charge in [0.1, 0.15) is 11.6 Å². The number of amides is 2. The van der Waals surface area contributed by atoms with E-state index in [0.29, 0.717) is 11.4 Å². The first kappa shape index (κ1) is 21.7. The molecule has 2 amide bonds. The highest BCUT2D eigenvalue weighted by atomic mass is 32.2. The fraction of sp³-hybridized carbons (Fsp3) is 0.300. The number of benzene rings is 2. The standard InChI is InChI=1S/C20H22FN3O5S/c1-29-18-5-3-2-4-17(18)24-13-14(12-19(24)25)20(26)22-10-11-23-30(27,28)16-8-6-15(21)7-9-16/h2-9,14,23H,10-13H2,1H3,(H,22,26)/t14-/m0/s1. The van der Waals surface area contributed by atoms with Crippen LogP contribution in [0.3, 0.4) is 0 Å². The Balaban J connectivity index is 1.51. The summed E-state index contributed by atoms with van der Waals surface area (Å²) in [5.74, 6) is -1.05. The number of para-hydroxylation sites is 2. The summed E-state index contributed by atoms with van der Waals surface area (Å²) in [6.07, 6.45) is 0.0607. The number of anilines is 1. The molecule has 10 heteroatoms. The zero-order chi connectivity index (χ0) is 21.7. The number of sulfonamides is 1. The lowest BCUT2D eigenvalue weighted by Crippen LogP contribution is -2.38. The molecule has 0 aliphatic carbocycles. The van der Waals surface area contributed by atoms with Crippen molar-refractivity contribution >= 4 is 27.5 Å². The van der Waals surface area contributed by atoms with Crippen molar-refractivity contribution in [3.63, 3.8) is 0 Å². The summed E-state index contributed by atoms with van der Waals surface area (Å²) in [6, 6.07) is 11.5. The highest BCUT2D eigenvalue weighted by molar-refractivity contribution is 7.89. The van der Waals surface area contributed by atoms with Crippen molar-refractivity contribution in [1.82, 2.24) is 10.0 Å². The summed E-state index contributed by atoms with van der Waals surface area (Å²) >= 11 is 0. The molecule has 0 spiro atoms. The minimum Gasteiger partial charge on any atom is -0.495 e. The van der Waals surface area contributed by atoms with Gasteiger partial charge in [-0.15, -0.1) is 0 Å². The van der Waals surface area contributed by atoms with Gasteiger partial charge in [0.15, 0.2) is 0 Å². The largest absolute Gasteiger partial charge is 0.495 e. The Morgan fingerprint density at radius 1 is 1.17 bits per heavy atom. The Labute approximate surface area is 174 Å². The van der Waals surface area contributed by atoms with Gasteiger partial charge in [0.05, 0.1) is 23.6 Å². The molecule has 0 radical (unpaired) electrons. The van der Waals surface area contributed by atoms with Gasteiger partial charge in [-0.05, 0) is 36.4 Å². The predicted octanol–water partition coefficient (Wildman–Crippen LogP) is 1.28. The van der Waals surface area contributed by atoms with Crippen LogP contribution in [0, 0.1) is 11.7 Å². The number of hydrogen-bond acceptors (Lipinski definition) is 5. The van der Waals surface area contributed by atoms with Gasteiger partial charge in [-0.3, -0.25) is 9.59 Å². The first-order valence-electron chi connectivity index (χ1n) is 9.28. The molecule has 1 fully saturated rings. The SMILES string of the molecule is COc1ccccc1N1C[C@@H](C(=O)NCCNS(=O)(=O)c2ccc(F)cc2)CC1=O. The summed E-state index contributed by atoms with van der Waals surface area (Å²) < 4.78 is 44.8. The van der Waals surface area contributed by atoms with E-state index in [1.54, 1.807) is 24.3 Å². The van der Waals surface area contributed by atoms with Gasteiger partial charge >= 0.3 is 0 Å². The molecule has 3 rings (SSSR count). The molecule has 1 heterocycles. The molecule has 30 heavy (non-hydrogen) atoms. The fourth-order valence-corrected chi connectivity index (χ4v) is 4.21. The minimum absolute atomic E-state index is 0.0393. The van der Waals surface area contributed by atoms with Crippen molar-refractivity contribution in [2.75, 3.05) is 31.6 Å². The third-order valence-electron chi connectivity index (χ3n) is 4.71. The molecule has 2 aromatic rings. The van der Waals surface area contributed by atoms with Gasteiger partial charge in [0, 0.05) is 26.1 Å². The Morgan fingerprint density at radius 3 is 2.57 bits per heavy atom. The Hall–Kier alpha value is -2.98. The highest BCUT2D eigenvalue weighted by Crippen LogP contribution is 2.32. The quantitative estimate of drug-likeness (QED) is 0.608. The smallest absolute Gasteiger partial charge is 0.240 e. The molecule has 1 aliphatic rings. The maximum absolute atomic E-state index is 12.9. The number of hydrogen-bond donors (Lipinski definition) is 2. The second-order valence-corrected chi connectivity index (χ2v) is 8.49. The van der Waals surface area contributed by atoms with Crippen molar-refractivity contribution in [3.8, 4) is 5.75 Å². The Bertz CT molecular complexity index is 1030. The monoisotopic (exact) mass is 435 g/mol. The van der Waals surface area contributed by atoms with Crippen molar-refractivity contribution < 1.29 is 27.1 Å². The molecule has 0 bridgehead atoms. The maximum atomic E-state index is 12.9. The number of nitrogens with zero attached hydrogens (tertiary/aromatic N) is 1. The van der Waals surface area contributed by atoms with Crippen molar-refractivity contribution in [2.45, 2.75) is 11.3 Å². The number of nitrogens with one attached hydrogen (secondary N) is 2. The molecule has 2 aromatic carbocycles. The number of methoxy groups -OCH3 is 1. The van der Waals surface area contributed by atoms with E-state index in [9.17, 15) is 22.4 Å². The number of ether oxygens (including phenoxy) is 1. The van der Waals surface area contributed by atoms with Gasteiger partial charge in [0.2, 0.25) is 21.8 Å². The zero-order valence-corrected chi connectivity index (χ0v) is 17.1. The number of halogens is 1. The Morgan fingerprint density at radius 2 is 1.87 bits per heavy atom. The second kappa shape index (κ2) is 9.23. The zero-order valence-electron chi connectivity index (χ0n) is 16.3. The van der Waals surface area contributed by atoms with Crippen LogP contribution in [0.25, 0.3) is 0 Å². The normalized spacial score (nSPS) is 16.5. The molecule has 0 aromatic heterocycles. The molecule has 8 nitrogen and oxygen atoms in total. The molecule has 1 saturated heterocycles. The summed E-state index contributed by atoms with van der Waals surface area (Å²) in [6.45, 7) is 0.229.